The van der Waals surface area contributed by atoms with Crippen LogP contribution in [-0.2, 0) is 16.0 Å². The van der Waals surface area contributed by atoms with E-state index in [2.05, 4.69) is 9.80 Å². The predicted octanol–water partition coefficient (Wildman–Crippen LogP) is 2.64. The van der Waals surface area contributed by atoms with Crippen LogP contribution in [0.15, 0.2) is 18.2 Å². The number of morpholine rings is 1. The first-order valence-corrected chi connectivity index (χ1v) is 10.7. The number of ether oxygens (including phenoxy) is 3. The van der Waals surface area contributed by atoms with Crippen LogP contribution in [-0.4, -0.2) is 79.7 Å². The van der Waals surface area contributed by atoms with Crippen LogP contribution < -0.4 is 4.74 Å². The van der Waals surface area contributed by atoms with E-state index in [9.17, 15) is 5.11 Å². The standard InChI is InChI=1S/C22H34N2O4/c1-26-21-6-5-18(14-20(21)25)15-23-9-7-22(8-10-23)17-24(11-13-28-22)16-19-4-2-3-12-27-19/h5-6,14,19,25H,2-4,7-13,15-17H2,1H3. The maximum atomic E-state index is 10.0. The fourth-order valence-corrected chi connectivity index (χ4v) is 4.83. The highest BCUT2D eigenvalue weighted by Gasteiger charge is 2.40. The lowest BCUT2D eigenvalue weighted by atomic mass is 9.89. The van der Waals surface area contributed by atoms with Crippen molar-refractivity contribution in [3.8, 4) is 11.5 Å². The molecule has 3 heterocycles. The maximum Gasteiger partial charge on any atom is 0.160 e. The van der Waals surface area contributed by atoms with E-state index >= 15 is 0 Å². The normalized spacial score (nSPS) is 26.4. The Labute approximate surface area is 168 Å². The second kappa shape index (κ2) is 8.99. The molecule has 4 rings (SSSR count). The molecule has 1 spiro atoms. The molecule has 3 fully saturated rings. The van der Waals surface area contributed by atoms with Crippen molar-refractivity contribution in [3.05, 3.63) is 23.8 Å². The smallest absolute Gasteiger partial charge is 0.160 e. The van der Waals surface area contributed by atoms with Gasteiger partial charge in [-0.15, -0.1) is 0 Å². The molecule has 3 aliphatic heterocycles. The van der Waals surface area contributed by atoms with Crippen molar-refractivity contribution in [2.45, 2.75) is 50.4 Å². The predicted molar refractivity (Wildman–Crippen MR) is 108 cm³/mol. The Hall–Kier alpha value is -1.34. The first-order valence-electron chi connectivity index (χ1n) is 10.7. The molecule has 1 atom stereocenters. The molecule has 1 aromatic rings. The van der Waals surface area contributed by atoms with E-state index in [1.54, 1.807) is 7.11 Å². The lowest BCUT2D eigenvalue weighted by Crippen LogP contribution is -2.57. The van der Waals surface area contributed by atoms with Gasteiger partial charge in [0, 0.05) is 45.9 Å². The molecule has 1 aromatic carbocycles. The van der Waals surface area contributed by atoms with Crippen LogP contribution in [0.1, 0.15) is 37.7 Å². The lowest BCUT2D eigenvalue weighted by molar-refractivity contribution is -0.144. The number of aromatic hydroxyl groups is 1. The van der Waals surface area contributed by atoms with Crippen LogP contribution in [0.25, 0.3) is 0 Å². The molecule has 0 amide bonds. The number of rotatable bonds is 5. The molecule has 0 saturated carbocycles. The van der Waals surface area contributed by atoms with Crippen molar-refractivity contribution in [1.29, 1.82) is 0 Å². The summed E-state index contributed by atoms with van der Waals surface area (Å²) in [5.74, 6) is 0.739. The molecule has 6 heteroatoms. The SMILES string of the molecule is COc1ccc(CN2CCC3(CC2)CN(CC2CCCCO2)CCO3)cc1O. The molecule has 3 saturated heterocycles. The summed E-state index contributed by atoms with van der Waals surface area (Å²) in [4.78, 5) is 5.02. The third-order valence-corrected chi connectivity index (χ3v) is 6.48. The summed E-state index contributed by atoms with van der Waals surface area (Å²) in [6.45, 7) is 7.78. The van der Waals surface area contributed by atoms with Crippen LogP contribution in [0.3, 0.4) is 0 Å². The largest absolute Gasteiger partial charge is 0.504 e. The van der Waals surface area contributed by atoms with E-state index in [1.807, 2.05) is 18.2 Å². The average molecular weight is 391 g/mol. The fourth-order valence-electron chi connectivity index (χ4n) is 4.83. The first-order chi connectivity index (χ1) is 13.7. The van der Waals surface area contributed by atoms with Gasteiger partial charge in [0.25, 0.3) is 0 Å². The minimum absolute atomic E-state index is 0.00542. The zero-order valence-electron chi connectivity index (χ0n) is 17.1. The number of methoxy groups -OCH3 is 1. The quantitative estimate of drug-likeness (QED) is 0.834. The minimum atomic E-state index is 0.00542. The molecule has 1 N–H and O–H groups in total. The van der Waals surface area contributed by atoms with Crippen molar-refractivity contribution in [1.82, 2.24) is 9.80 Å². The van der Waals surface area contributed by atoms with Gasteiger partial charge in [-0.25, -0.2) is 0 Å². The third-order valence-electron chi connectivity index (χ3n) is 6.48. The van der Waals surface area contributed by atoms with Crippen molar-refractivity contribution in [3.63, 3.8) is 0 Å². The fraction of sp³-hybridized carbons (Fsp3) is 0.727. The van der Waals surface area contributed by atoms with Crippen molar-refractivity contribution < 1.29 is 19.3 Å². The molecule has 1 unspecified atom stereocenters. The second-order valence-electron chi connectivity index (χ2n) is 8.54. The molecular formula is C22H34N2O4. The summed E-state index contributed by atoms with van der Waals surface area (Å²) >= 11 is 0. The molecule has 0 bridgehead atoms. The number of piperidine rings is 1. The van der Waals surface area contributed by atoms with Gasteiger partial charge < -0.3 is 19.3 Å². The van der Waals surface area contributed by atoms with Gasteiger partial charge in [0.1, 0.15) is 0 Å². The average Bonchev–Trinajstić information content (AvgIpc) is 2.71. The first kappa shape index (κ1) is 20.0. The molecular weight excluding hydrogens is 356 g/mol. The van der Waals surface area contributed by atoms with Gasteiger partial charge in [0.2, 0.25) is 0 Å². The molecule has 0 aliphatic carbocycles. The van der Waals surface area contributed by atoms with Crippen molar-refractivity contribution >= 4 is 0 Å². The van der Waals surface area contributed by atoms with Gasteiger partial charge in [-0.05, 0) is 49.8 Å². The van der Waals surface area contributed by atoms with Gasteiger partial charge >= 0.3 is 0 Å². The third kappa shape index (κ3) is 4.79. The molecule has 28 heavy (non-hydrogen) atoms. The number of hydrogen-bond acceptors (Lipinski definition) is 6. The van der Waals surface area contributed by atoms with Gasteiger partial charge in [-0.1, -0.05) is 6.07 Å². The molecule has 3 aliphatic rings. The molecule has 0 radical (unpaired) electrons. The zero-order chi connectivity index (χ0) is 19.4. The Morgan fingerprint density at radius 1 is 1.14 bits per heavy atom. The summed E-state index contributed by atoms with van der Waals surface area (Å²) < 4.78 is 17.4. The summed E-state index contributed by atoms with van der Waals surface area (Å²) in [5, 5.41) is 10.0. The number of nitrogens with zero attached hydrogens (tertiary/aromatic N) is 2. The van der Waals surface area contributed by atoms with E-state index < -0.39 is 0 Å². The van der Waals surface area contributed by atoms with Gasteiger partial charge in [0.15, 0.2) is 11.5 Å². The summed E-state index contributed by atoms with van der Waals surface area (Å²) in [6.07, 6.45) is 6.26. The Morgan fingerprint density at radius 3 is 2.71 bits per heavy atom. The number of benzene rings is 1. The van der Waals surface area contributed by atoms with E-state index in [4.69, 9.17) is 14.2 Å². The highest BCUT2D eigenvalue weighted by molar-refractivity contribution is 5.41. The monoisotopic (exact) mass is 390 g/mol. The van der Waals surface area contributed by atoms with Crippen LogP contribution >= 0.6 is 0 Å². The molecule has 6 nitrogen and oxygen atoms in total. The Balaban J connectivity index is 1.28. The highest BCUT2D eigenvalue weighted by Crippen LogP contribution is 2.32. The van der Waals surface area contributed by atoms with Crippen LogP contribution in [0.2, 0.25) is 0 Å². The van der Waals surface area contributed by atoms with Gasteiger partial charge in [-0.2, -0.15) is 0 Å². The Bertz CT molecular complexity index is 639. The van der Waals surface area contributed by atoms with Crippen LogP contribution in [0, 0.1) is 0 Å². The zero-order valence-corrected chi connectivity index (χ0v) is 17.1. The summed E-state index contributed by atoms with van der Waals surface area (Å²) in [5.41, 5.74) is 1.13. The number of likely N-dealkylation sites (tertiary alicyclic amines) is 1. The second-order valence-corrected chi connectivity index (χ2v) is 8.54. The Morgan fingerprint density at radius 2 is 2.00 bits per heavy atom. The number of phenols is 1. The van der Waals surface area contributed by atoms with E-state index in [0.717, 1.165) is 70.9 Å². The maximum absolute atomic E-state index is 10.0. The Kier molecular flexibility index (Phi) is 6.41. The van der Waals surface area contributed by atoms with Crippen molar-refractivity contribution in [2.75, 3.05) is 53.0 Å². The van der Waals surface area contributed by atoms with E-state index in [1.165, 1.54) is 19.3 Å². The number of hydrogen-bond donors (Lipinski definition) is 1. The minimum Gasteiger partial charge on any atom is -0.504 e. The lowest BCUT2D eigenvalue weighted by Gasteiger charge is -2.48. The summed E-state index contributed by atoms with van der Waals surface area (Å²) in [7, 11) is 1.58. The van der Waals surface area contributed by atoms with Gasteiger partial charge in [-0.3, -0.25) is 9.80 Å². The highest BCUT2D eigenvalue weighted by atomic mass is 16.5. The molecule has 156 valence electrons. The summed E-state index contributed by atoms with van der Waals surface area (Å²) in [6, 6.07) is 5.68. The molecule has 0 aromatic heterocycles. The van der Waals surface area contributed by atoms with Crippen LogP contribution in [0.4, 0.5) is 0 Å². The van der Waals surface area contributed by atoms with Gasteiger partial charge in [0.05, 0.1) is 25.4 Å². The van der Waals surface area contributed by atoms with E-state index in [-0.39, 0.29) is 11.4 Å². The number of phenolic OH excluding ortho intramolecular Hbond substituents is 1. The van der Waals surface area contributed by atoms with E-state index in [0.29, 0.717) is 11.9 Å². The topological polar surface area (TPSA) is 54.4 Å². The van der Waals surface area contributed by atoms with Crippen LogP contribution in [0.5, 0.6) is 11.5 Å². The van der Waals surface area contributed by atoms with Crippen molar-refractivity contribution in [2.24, 2.45) is 0 Å².